The van der Waals surface area contributed by atoms with Crippen molar-refractivity contribution in [3.8, 4) is 22.6 Å². The Hall–Kier alpha value is -4.25. The largest absolute Gasteiger partial charge is 0.504 e. The van der Waals surface area contributed by atoms with Crippen molar-refractivity contribution in [1.82, 2.24) is 0 Å². The summed E-state index contributed by atoms with van der Waals surface area (Å²) in [6.45, 7) is 2.20. The van der Waals surface area contributed by atoms with E-state index in [4.69, 9.17) is 0 Å². The number of amides is 1. The molecule has 1 aliphatic carbocycles. The van der Waals surface area contributed by atoms with Crippen molar-refractivity contribution in [2.45, 2.75) is 45.1 Å². The molecule has 4 aromatic rings. The minimum Gasteiger partial charge on any atom is -0.504 e. The van der Waals surface area contributed by atoms with E-state index in [2.05, 4.69) is 59.2 Å². The number of nitrogens with one attached hydrogen (secondary N) is 2. The van der Waals surface area contributed by atoms with Crippen LogP contribution in [0.15, 0.2) is 84.9 Å². The number of anilines is 2. The van der Waals surface area contributed by atoms with Crippen LogP contribution in [0.5, 0.6) is 11.5 Å². The molecule has 0 bridgehead atoms. The minimum absolute atomic E-state index is 0.0275. The average molecular weight is 493 g/mol. The fraction of sp³-hybridized carbons (Fsp3) is 0.219. The first-order chi connectivity index (χ1) is 17.9. The van der Waals surface area contributed by atoms with Gasteiger partial charge >= 0.3 is 0 Å². The fourth-order valence-corrected chi connectivity index (χ4v) is 5.18. The van der Waals surface area contributed by atoms with Crippen molar-refractivity contribution in [3.05, 3.63) is 107 Å². The lowest BCUT2D eigenvalue weighted by Crippen LogP contribution is -2.12. The molecule has 0 saturated heterocycles. The molecule has 0 aromatic heterocycles. The van der Waals surface area contributed by atoms with E-state index in [1.54, 1.807) is 12.1 Å². The molecule has 1 amide bonds. The van der Waals surface area contributed by atoms with Crippen molar-refractivity contribution in [2.75, 3.05) is 10.6 Å². The average Bonchev–Trinajstić information content (AvgIpc) is 2.90. The van der Waals surface area contributed by atoms with Crippen LogP contribution in [0, 0.1) is 0 Å². The molecule has 1 aliphatic rings. The molecule has 37 heavy (non-hydrogen) atoms. The maximum atomic E-state index is 11.2. The second-order valence-corrected chi connectivity index (χ2v) is 9.84. The van der Waals surface area contributed by atoms with Crippen molar-refractivity contribution < 1.29 is 15.0 Å². The van der Waals surface area contributed by atoms with E-state index in [9.17, 15) is 15.0 Å². The van der Waals surface area contributed by atoms with Gasteiger partial charge in [-0.3, -0.25) is 4.79 Å². The number of hydrogen-bond acceptors (Lipinski definition) is 4. The number of carbonyl (C=O) groups is 1. The highest BCUT2D eigenvalue weighted by Crippen LogP contribution is 2.39. The molecule has 0 aliphatic heterocycles. The molecule has 0 saturated carbocycles. The second-order valence-electron chi connectivity index (χ2n) is 9.84. The van der Waals surface area contributed by atoms with E-state index in [1.807, 2.05) is 24.3 Å². The van der Waals surface area contributed by atoms with E-state index in [0.717, 1.165) is 59.3 Å². The van der Waals surface area contributed by atoms with Gasteiger partial charge in [0.2, 0.25) is 5.91 Å². The Balaban J connectivity index is 1.23. The number of fused-ring (bicyclic) bond motifs is 1. The molecule has 188 valence electrons. The summed E-state index contributed by atoms with van der Waals surface area (Å²) in [6.07, 6.45) is 4.05. The Bertz CT molecular complexity index is 1390. The first kappa shape index (κ1) is 24.4. The van der Waals surface area contributed by atoms with Crippen LogP contribution < -0.4 is 10.6 Å². The standard InChI is InChI=1S/C32H32N2O3/c1-21(35)34-28-14-10-23(11-15-28)20-33-29-7-3-4-25(17-29)24-12-8-22(9-13-24)16-26-5-2-6-27-18-31(36)32(37)19-30(26)27/h3-4,7-15,17-19,26,33,36-37H,2,5-6,16,20H2,1H3,(H,34,35). The lowest BCUT2D eigenvalue weighted by molar-refractivity contribution is -0.114. The van der Waals surface area contributed by atoms with Gasteiger partial charge in [-0.15, -0.1) is 0 Å². The van der Waals surface area contributed by atoms with Crippen LogP contribution >= 0.6 is 0 Å². The molecule has 5 rings (SSSR count). The van der Waals surface area contributed by atoms with Gasteiger partial charge in [0.1, 0.15) is 0 Å². The number of phenolic OH excluding ortho intramolecular Hbond substituents is 2. The number of aromatic hydroxyl groups is 2. The zero-order valence-electron chi connectivity index (χ0n) is 21.0. The Labute approximate surface area is 217 Å². The zero-order valence-corrected chi connectivity index (χ0v) is 21.0. The Morgan fingerprint density at radius 1 is 0.838 bits per heavy atom. The first-order valence-electron chi connectivity index (χ1n) is 12.8. The van der Waals surface area contributed by atoms with E-state index in [0.29, 0.717) is 12.5 Å². The van der Waals surface area contributed by atoms with Crippen LogP contribution in [0.1, 0.15) is 47.9 Å². The highest BCUT2D eigenvalue weighted by Gasteiger charge is 2.22. The summed E-state index contributed by atoms with van der Waals surface area (Å²) in [5.41, 5.74) is 8.88. The van der Waals surface area contributed by atoms with Gasteiger partial charge in [-0.05, 0) is 101 Å². The lowest BCUT2D eigenvalue weighted by atomic mass is 9.79. The van der Waals surface area contributed by atoms with Crippen LogP contribution in [0.4, 0.5) is 11.4 Å². The molecule has 1 unspecified atom stereocenters. The highest BCUT2D eigenvalue weighted by atomic mass is 16.3. The molecule has 5 heteroatoms. The number of carbonyl (C=O) groups excluding carboxylic acids is 1. The first-order valence-corrected chi connectivity index (χ1v) is 12.8. The van der Waals surface area contributed by atoms with Gasteiger partial charge in [0.15, 0.2) is 11.5 Å². The van der Waals surface area contributed by atoms with Crippen LogP contribution in [-0.2, 0) is 24.2 Å². The van der Waals surface area contributed by atoms with Crippen LogP contribution in [0.2, 0.25) is 0 Å². The molecule has 0 spiro atoms. The second kappa shape index (κ2) is 10.8. The molecule has 0 heterocycles. The summed E-state index contributed by atoms with van der Waals surface area (Å²) in [5.74, 6) is 0.217. The quantitative estimate of drug-likeness (QED) is 0.209. The maximum absolute atomic E-state index is 11.2. The topological polar surface area (TPSA) is 81.6 Å². The SMILES string of the molecule is CC(=O)Nc1ccc(CNc2cccc(-c3ccc(CC4CCCc5cc(O)c(O)cc54)cc3)c2)cc1. The van der Waals surface area contributed by atoms with Crippen LogP contribution in [-0.4, -0.2) is 16.1 Å². The molecule has 1 atom stereocenters. The third-order valence-electron chi connectivity index (χ3n) is 7.08. The van der Waals surface area contributed by atoms with Gasteiger partial charge in [0.25, 0.3) is 0 Å². The van der Waals surface area contributed by atoms with E-state index in [-0.39, 0.29) is 17.4 Å². The Kier molecular flexibility index (Phi) is 7.13. The van der Waals surface area contributed by atoms with Gasteiger partial charge in [0, 0.05) is 24.8 Å². The van der Waals surface area contributed by atoms with Gasteiger partial charge in [-0.25, -0.2) is 0 Å². The predicted octanol–water partition coefficient (Wildman–Crippen LogP) is 7.00. The summed E-state index contributed by atoms with van der Waals surface area (Å²) in [7, 11) is 0. The smallest absolute Gasteiger partial charge is 0.221 e. The summed E-state index contributed by atoms with van der Waals surface area (Å²) in [5, 5.41) is 26.2. The van der Waals surface area contributed by atoms with Gasteiger partial charge < -0.3 is 20.8 Å². The lowest BCUT2D eigenvalue weighted by Gasteiger charge is -2.26. The summed E-state index contributed by atoms with van der Waals surface area (Å²) < 4.78 is 0. The molecule has 4 aromatic carbocycles. The third-order valence-corrected chi connectivity index (χ3v) is 7.08. The monoisotopic (exact) mass is 492 g/mol. The summed E-state index contributed by atoms with van der Waals surface area (Å²) in [6, 6.07) is 28.5. The van der Waals surface area contributed by atoms with Gasteiger partial charge in [-0.2, -0.15) is 0 Å². The van der Waals surface area contributed by atoms with Gasteiger partial charge in [0.05, 0.1) is 0 Å². The highest BCUT2D eigenvalue weighted by molar-refractivity contribution is 5.88. The van der Waals surface area contributed by atoms with E-state index >= 15 is 0 Å². The van der Waals surface area contributed by atoms with Crippen LogP contribution in [0.25, 0.3) is 11.1 Å². The number of benzene rings is 4. The number of phenols is 2. The van der Waals surface area contributed by atoms with Gasteiger partial charge in [-0.1, -0.05) is 48.5 Å². The van der Waals surface area contributed by atoms with Crippen molar-refractivity contribution in [3.63, 3.8) is 0 Å². The number of rotatable bonds is 7. The number of hydrogen-bond donors (Lipinski definition) is 4. The summed E-state index contributed by atoms with van der Waals surface area (Å²) >= 11 is 0. The molecular formula is C32H32N2O3. The zero-order chi connectivity index (χ0) is 25.8. The molecular weight excluding hydrogens is 460 g/mol. The van der Waals surface area contributed by atoms with Crippen LogP contribution in [0.3, 0.4) is 0 Å². The molecule has 0 radical (unpaired) electrons. The van der Waals surface area contributed by atoms with Crippen molar-refractivity contribution in [2.24, 2.45) is 0 Å². The van der Waals surface area contributed by atoms with Crippen molar-refractivity contribution >= 4 is 17.3 Å². The minimum atomic E-state index is -0.0727. The number of aryl methyl sites for hydroxylation is 1. The molecule has 0 fully saturated rings. The Morgan fingerprint density at radius 3 is 2.32 bits per heavy atom. The predicted molar refractivity (Wildman–Crippen MR) is 149 cm³/mol. The van der Waals surface area contributed by atoms with Crippen molar-refractivity contribution in [1.29, 1.82) is 0 Å². The fourth-order valence-electron chi connectivity index (χ4n) is 5.18. The normalized spacial score (nSPS) is 14.6. The third kappa shape index (κ3) is 5.95. The molecule has 4 N–H and O–H groups in total. The Morgan fingerprint density at radius 2 is 1.57 bits per heavy atom. The molecule has 5 nitrogen and oxygen atoms in total. The van der Waals surface area contributed by atoms with E-state index in [1.165, 1.54) is 18.1 Å². The maximum Gasteiger partial charge on any atom is 0.221 e. The van der Waals surface area contributed by atoms with E-state index < -0.39 is 0 Å². The summed E-state index contributed by atoms with van der Waals surface area (Å²) in [4.78, 5) is 11.2.